The maximum Gasteiger partial charge on any atom is 0.316 e. The first-order valence-corrected chi connectivity index (χ1v) is 13.2. The molecule has 0 bridgehead atoms. The fraction of sp³-hybridized carbons (Fsp3) is 0.207. The molecular formula is C29H27N3O6S. The minimum absolute atomic E-state index is 0.105. The van der Waals surface area contributed by atoms with Gasteiger partial charge in [-0.15, -0.1) is 0 Å². The highest BCUT2D eigenvalue weighted by atomic mass is 32.2. The summed E-state index contributed by atoms with van der Waals surface area (Å²) in [4.78, 5) is 53.0. The molecule has 0 radical (unpaired) electrons. The summed E-state index contributed by atoms with van der Waals surface area (Å²) >= 11 is 0.689. The van der Waals surface area contributed by atoms with E-state index in [9.17, 15) is 19.2 Å². The molecule has 0 atom stereocenters. The summed E-state index contributed by atoms with van der Waals surface area (Å²) in [7, 11) is 1.66. The standard InChI is InChI=1S/C29H27N3O6S/c1-32-25(30-24-10-6-5-9-23(24)28(32)35)18-37-22-14-11-20(12-15-22)13-16-26(33)31-29(36)39-19-27(34)38-17-21-7-3-2-4-8-21/h2-12,14-15H,13,16-19H2,1H3,(H,31,33,36). The zero-order valence-electron chi connectivity index (χ0n) is 21.3. The first kappa shape index (κ1) is 27.6. The number of esters is 1. The third kappa shape index (κ3) is 8.02. The van der Waals surface area contributed by atoms with Crippen LogP contribution in [0.4, 0.5) is 4.79 Å². The van der Waals surface area contributed by atoms with Gasteiger partial charge in [-0.3, -0.25) is 29.1 Å². The zero-order valence-corrected chi connectivity index (χ0v) is 22.1. The largest absolute Gasteiger partial charge is 0.486 e. The van der Waals surface area contributed by atoms with Crippen molar-refractivity contribution in [3.05, 3.63) is 106 Å². The Morgan fingerprint density at radius 3 is 2.38 bits per heavy atom. The molecule has 0 fully saturated rings. The number of rotatable bonds is 10. The average Bonchev–Trinajstić information content (AvgIpc) is 2.96. The molecule has 3 aromatic carbocycles. The number of fused-ring (bicyclic) bond motifs is 1. The van der Waals surface area contributed by atoms with Gasteiger partial charge in [-0.05, 0) is 41.8 Å². The van der Waals surface area contributed by atoms with Crippen LogP contribution in [0.3, 0.4) is 0 Å². The molecule has 0 aliphatic rings. The highest BCUT2D eigenvalue weighted by Crippen LogP contribution is 2.16. The highest BCUT2D eigenvalue weighted by molar-refractivity contribution is 8.14. The number of ether oxygens (including phenoxy) is 2. The number of aryl methyl sites for hydroxylation is 1. The van der Waals surface area contributed by atoms with Gasteiger partial charge in [-0.2, -0.15) is 0 Å². The number of carbonyl (C=O) groups excluding carboxylic acids is 3. The van der Waals surface area contributed by atoms with Gasteiger partial charge in [0, 0.05) is 13.5 Å². The molecule has 200 valence electrons. The Morgan fingerprint density at radius 2 is 1.62 bits per heavy atom. The lowest BCUT2D eigenvalue weighted by molar-refractivity contribution is -0.141. The van der Waals surface area contributed by atoms with Gasteiger partial charge < -0.3 is 9.47 Å². The molecule has 10 heteroatoms. The van der Waals surface area contributed by atoms with E-state index in [1.54, 1.807) is 37.4 Å². The number of nitrogens with zero attached hydrogens (tertiary/aromatic N) is 2. The second kappa shape index (κ2) is 13.4. The Balaban J connectivity index is 1.17. The van der Waals surface area contributed by atoms with E-state index in [1.165, 1.54) is 4.57 Å². The van der Waals surface area contributed by atoms with Gasteiger partial charge in [0.05, 0.1) is 10.9 Å². The number of para-hydroxylation sites is 1. The van der Waals surface area contributed by atoms with Crippen LogP contribution in [0.2, 0.25) is 0 Å². The van der Waals surface area contributed by atoms with Crippen LogP contribution < -0.4 is 15.6 Å². The van der Waals surface area contributed by atoms with Crippen molar-refractivity contribution in [3.63, 3.8) is 0 Å². The van der Waals surface area contributed by atoms with Crippen LogP contribution in [0, 0.1) is 0 Å². The van der Waals surface area contributed by atoms with Crippen molar-refractivity contribution in [2.75, 3.05) is 5.75 Å². The van der Waals surface area contributed by atoms with Gasteiger partial charge in [0.15, 0.2) is 0 Å². The molecule has 1 N–H and O–H groups in total. The van der Waals surface area contributed by atoms with Crippen LogP contribution in [0.15, 0.2) is 83.7 Å². The summed E-state index contributed by atoms with van der Waals surface area (Å²) in [5.74, 6) is -0.0556. The van der Waals surface area contributed by atoms with Crippen molar-refractivity contribution < 1.29 is 23.9 Å². The number of thioether (sulfide) groups is 1. The lowest BCUT2D eigenvalue weighted by atomic mass is 10.1. The predicted molar refractivity (Wildman–Crippen MR) is 148 cm³/mol. The van der Waals surface area contributed by atoms with Gasteiger partial charge in [0.2, 0.25) is 5.91 Å². The van der Waals surface area contributed by atoms with Crippen molar-refractivity contribution in [1.82, 2.24) is 14.9 Å². The van der Waals surface area contributed by atoms with E-state index in [1.807, 2.05) is 48.5 Å². The SMILES string of the molecule is Cn1c(COc2ccc(CCC(=O)NC(=O)SCC(=O)OCc3ccccc3)cc2)nc2ccccc2c1=O. The summed E-state index contributed by atoms with van der Waals surface area (Å²) < 4.78 is 12.4. The summed E-state index contributed by atoms with van der Waals surface area (Å²) in [6, 6.07) is 23.6. The number of benzene rings is 3. The first-order chi connectivity index (χ1) is 18.9. The second-order valence-electron chi connectivity index (χ2n) is 8.61. The van der Waals surface area contributed by atoms with Crippen LogP contribution in [0.25, 0.3) is 10.9 Å². The van der Waals surface area contributed by atoms with E-state index in [0.717, 1.165) is 11.1 Å². The molecule has 1 heterocycles. The van der Waals surface area contributed by atoms with E-state index in [2.05, 4.69) is 10.3 Å². The minimum atomic E-state index is -0.600. The van der Waals surface area contributed by atoms with Gasteiger partial charge >= 0.3 is 5.97 Å². The van der Waals surface area contributed by atoms with Gasteiger partial charge in [0.25, 0.3) is 10.8 Å². The lowest BCUT2D eigenvalue weighted by Crippen LogP contribution is -2.28. The first-order valence-electron chi connectivity index (χ1n) is 12.2. The number of imide groups is 1. The molecule has 0 saturated carbocycles. The Bertz CT molecular complexity index is 1520. The fourth-order valence-electron chi connectivity index (χ4n) is 3.67. The molecule has 39 heavy (non-hydrogen) atoms. The predicted octanol–water partition coefficient (Wildman–Crippen LogP) is 4.16. The van der Waals surface area contributed by atoms with Crippen LogP contribution in [0.5, 0.6) is 5.75 Å². The van der Waals surface area contributed by atoms with Gasteiger partial charge in [-0.25, -0.2) is 4.98 Å². The summed E-state index contributed by atoms with van der Waals surface area (Å²) in [6.07, 6.45) is 0.526. The van der Waals surface area contributed by atoms with Crippen molar-refractivity contribution >= 4 is 39.8 Å². The summed E-state index contributed by atoms with van der Waals surface area (Å²) in [5, 5.41) is 2.22. The van der Waals surface area contributed by atoms with Crippen molar-refractivity contribution in [3.8, 4) is 5.75 Å². The smallest absolute Gasteiger partial charge is 0.316 e. The quantitative estimate of drug-likeness (QED) is 0.295. The molecule has 0 spiro atoms. The number of hydrogen-bond acceptors (Lipinski definition) is 8. The van der Waals surface area contributed by atoms with Gasteiger partial charge in [0.1, 0.15) is 30.5 Å². The topological polar surface area (TPSA) is 117 Å². The normalized spacial score (nSPS) is 10.7. The number of nitrogens with one attached hydrogen (secondary N) is 1. The van der Waals surface area contributed by atoms with Crippen LogP contribution in [-0.4, -0.2) is 32.4 Å². The van der Waals surface area contributed by atoms with Crippen molar-refractivity contribution in [2.45, 2.75) is 26.1 Å². The maximum atomic E-state index is 12.5. The molecule has 0 unspecified atom stereocenters. The molecule has 9 nitrogen and oxygen atoms in total. The van der Waals surface area contributed by atoms with Gasteiger partial charge in [-0.1, -0.05) is 66.4 Å². The molecule has 0 aliphatic heterocycles. The lowest BCUT2D eigenvalue weighted by Gasteiger charge is -2.11. The average molecular weight is 546 g/mol. The molecule has 1 aromatic heterocycles. The Labute approximate surface area is 229 Å². The number of hydrogen-bond donors (Lipinski definition) is 1. The zero-order chi connectivity index (χ0) is 27.6. The monoisotopic (exact) mass is 545 g/mol. The summed E-state index contributed by atoms with van der Waals surface area (Å²) in [6.45, 7) is 0.252. The Kier molecular flexibility index (Phi) is 9.47. The van der Waals surface area contributed by atoms with Crippen LogP contribution >= 0.6 is 11.8 Å². The number of carbonyl (C=O) groups is 3. The highest BCUT2D eigenvalue weighted by Gasteiger charge is 2.13. The van der Waals surface area contributed by atoms with E-state index < -0.39 is 17.1 Å². The Morgan fingerprint density at radius 1 is 0.897 bits per heavy atom. The Hall–Kier alpha value is -4.44. The van der Waals surface area contributed by atoms with E-state index >= 15 is 0 Å². The molecule has 4 aromatic rings. The molecule has 0 saturated heterocycles. The van der Waals surface area contributed by atoms with E-state index in [0.29, 0.717) is 40.7 Å². The maximum absolute atomic E-state index is 12.5. The third-order valence-corrected chi connectivity index (χ3v) is 6.56. The van der Waals surface area contributed by atoms with Crippen LogP contribution in [-0.2, 0) is 41.0 Å². The molecular weight excluding hydrogens is 518 g/mol. The number of amides is 2. The third-order valence-electron chi connectivity index (χ3n) is 5.81. The number of aromatic nitrogens is 2. The van der Waals surface area contributed by atoms with Crippen molar-refractivity contribution in [2.24, 2.45) is 7.05 Å². The fourth-order valence-corrected chi connectivity index (χ4v) is 4.19. The van der Waals surface area contributed by atoms with Crippen molar-refractivity contribution in [1.29, 1.82) is 0 Å². The minimum Gasteiger partial charge on any atom is -0.486 e. The molecule has 4 rings (SSSR count). The molecule has 2 amide bonds. The molecule has 0 aliphatic carbocycles. The van der Waals surface area contributed by atoms with E-state index in [-0.39, 0.29) is 30.9 Å². The van der Waals surface area contributed by atoms with E-state index in [4.69, 9.17) is 9.47 Å². The summed E-state index contributed by atoms with van der Waals surface area (Å²) in [5.41, 5.74) is 2.22. The second-order valence-corrected chi connectivity index (χ2v) is 9.56. The van der Waals surface area contributed by atoms with Crippen LogP contribution in [0.1, 0.15) is 23.4 Å².